The molecule has 0 saturated carbocycles. The number of rotatable bonds is 38. The predicted octanol–water partition coefficient (Wildman–Crippen LogP) is 6.28. The van der Waals surface area contributed by atoms with Gasteiger partial charge in [-0.1, -0.05) is 34.6 Å². The second kappa shape index (κ2) is 33.4. The van der Waals surface area contributed by atoms with Gasteiger partial charge in [0.1, 0.15) is 6.10 Å². The van der Waals surface area contributed by atoms with E-state index in [1.807, 2.05) is 0 Å². The standard InChI is InChI=1S/C30H65O28P7S.C4H10/c1-24(2)60(34,66)55-23-29-30(21-26(4)58-29)59(32,33)45-10-5-11-46-61(35,36)47-12-6-13-48-62(37,38)49-14-7-15-50-63(39,40)51-16-8-17-52-64(41,42)53-18-9-19-54-65(43,44)56-22-28-27(31)20-25(3)57-28;1-4(2)3/h24-31H,5-23H2,1-4H3,(H,32,33)(H,34,66)(H,35,36)(H,37,38)(H,39,40)(H,41,42)(H,43,44);4H,1-3H3/t25-,26?,27?,28+,29?,30?,60?;/m1./s1. The molecule has 0 amide bonds. The Morgan fingerprint density at radius 3 is 1.03 bits per heavy atom. The average Bonchev–Trinajstić information content (AvgIpc) is 3.77. The molecule has 11 unspecified atom stereocenters. The number of phosphoric ester groups is 5. The molecule has 2 fully saturated rings. The molecule has 36 heteroatoms. The minimum atomic E-state index is -4.63. The minimum absolute atomic E-state index is 0.0801. The van der Waals surface area contributed by atoms with Crippen LogP contribution in [0.3, 0.4) is 0 Å². The summed E-state index contributed by atoms with van der Waals surface area (Å²) in [4.78, 5) is 69.8. The van der Waals surface area contributed by atoms with Crippen molar-refractivity contribution in [3.05, 3.63) is 0 Å². The quantitative estimate of drug-likeness (QED) is 0.0249. The predicted molar refractivity (Wildman–Crippen MR) is 253 cm³/mol. The number of hydrogen-bond donors (Lipinski definition) is 8. The van der Waals surface area contributed by atoms with Gasteiger partial charge in [-0.15, -0.1) is 0 Å². The van der Waals surface area contributed by atoms with Crippen LogP contribution in [-0.4, -0.2) is 160 Å². The fourth-order valence-electron chi connectivity index (χ4n) is 5.41. The van der Waals surface area contributed by atoms with Crippen molar-refractivity contribution in [1.29, 1.82) is 0 Å². The number of ether oxygens (including phenoxy) is 2. The fourth-order valence-corrected chi connectivity index (χ4v) is 11.9. The monoisotopic (exact) mass is 1180 g/mol. The number of aliphatic hydroxyl groups is 1. The molecule has 2 aliphatic rings. The zero-order valence-corrected chi connectivity index (χ0v) is 47.4. The first-order valence-corrected chi connectivity index (χ1v) is 34.1. The van der Waals surface area contributed by atoms with Gasteiger partial charge in [-0.2, -0.15) is 0 Å². The highest BCUT2D eigenvalue weighted by molar-refractivity contribution is 8.09. The third-order valence-electron chi connectivity index (χ3n) is 8.73. The highest BCUT2D eigenvalue weighted by Crippen LogP contribution is 2.56. The van der Waals surface area contributed by atoms with Gasteiger partial charge in [0.2, 0.25) is 0 Å². The Morgan fingerprint density at radius 2 is 0.729 bits per heavy atom. The summed E-state index contributed by atoms with van der Waals surface area (Å²) in [5.74, 6) is 0.833. The van der Waals surface area contributed by atoms with Gasteiger partial charge in [0.05, 0.1) is 109 Å². The summed E-state index contributed by atoms with van der Waals surface area (Å²) < 4.78 is 142. The van der Waals surface area contributed by atoms with E-state index < -0.39 is 137 Å². The first kappa shape index (κ1) is 69.2. The van der Waals surface area contributed by atoms with Gasteiger partial charge in [-0.3, -0.25) is 49.8 Å². The number of hydrogen-bond acceptors (Lipinski definition) is 22. The molecule has 2 rings (SSSR count). The van der Waals surface area contributed by atoms with Crippen LogP contribution in [-0.2, 0) is 103 Å². The van der Waals surface area contributed by atoms with E-state index in [4.69, 9.17) is 75.6 Å². The van der Waals surface area contributed by atoms with Crippen molar-refractivity contribution >= 4 is 65.0 Å². The highest BCUT2D eigenvalue weighted by Gasteiger charge is 2.46. The summed E-state index contributed by atoms with van der Waals surface area (Å²) in [5.41, 5.74) is -1.29. The van der Waals surface area contributed by atoms with Crippen LogP contribution in [0.15, 0.2) is 0 Å². The maximum atomic E-state index is 13.0. The Labute approximate surface area is 414 Å². The van der Waals surface area contributed by atoms with E-state index in [0.717, 1.165) is 5.92 Å². The largest absolute Gasteiger partial charge is 0.472 e. The zero-order valence-electron chi connectivity index (χ0n) is 40.3. The van der Waals surface area contributed by atoms with Gasteiger partial charge in [0.25, 0.3) is 0 Å². The minimum Gasteiger partial charge on any atom is -0.390 e. The first-order chi connectivity index (χ1) is 32.2. The van der Waals surface area contributed by atoms with Crippen LogP contribution >= 0.6 is 53.2 Å². The molecule has 0 aromatic carbocycles. The molecular weight excluding hydrogens is 1110 g/mol. The lowest BCUT2D eigenvalue weighted by Crippen LogP contribution is -2.28. The summed E-state index contributed by atoms with van der Waals surface area (Å²) in [5, 5.41) is 9.80. The van der Waals surface area contributed by atoms with Gasteiger partial charge in [0, 0.05) is 12.1 Å². The average molecular weight is 1180 g/mol. The van der Waals surface area contributed by atoms with Crippen LogP contribution in [0.1, 0.15) is 93.4 Å². The van der Waals surface area contributed by atoms with Crippen LogP contribution in [0.5, 0.6) is 0 Å². The molecule has 0 radical (unpaired) electrons. The molecule has 2 heterocycles. The third-order valence-corrected chi connectivity index (χ3v) is 19.1. The summed E-state index contributed by atoms with van der Waals surface area (Å²) in [7, 11) is -27.2. The normalized spacial score (nSPS) is 26.8. The molecule has 8 N–H and O–H groups in total. The summed E-state index contributed by atoms with van der Waals surface area (Å²) >= 11 is 5.10. The molecule has 0 spiro atoms. The summed E-state index contributed by atoms with van der Waals surface area (Å²) in [6.07, 6.45) is -3.30. The van der Waals surface area contributed by atoms with E-state index in [1.165, 1.54) is 0 Å². The second-order valence-electron chi connectivity index (χ2n) is 16.6. The van der Waals surface area contributed by atoms with Crippen LogP contribution in [0.4, 0.5) is 0 Å². The van der Waals surface area contributed by atoms with Gasteiger partial charge in [-0.05, 0) is 70.1 Å². The van der Waals surface area contributed by atoms with E-state index in [1.54, 1.807) is 27.7 Å². The van der Waals surface area contributed by atoms with E-state index in [9.17, 15) is 66.8 Å². The molecule has 13 atom stereocenters. The maximum absolute atomic E-state index is 13.0. The van der Waals surface area contributed by atoms with Crippen LogP contribution < -0.4 is 0 Å². The molecular formula is C34H75O28P7S. The van der Waals surface area contributed by atoms with E-state index in [2.05, 4.69) is 20.8 Å². The van der Waals surface area contributed by atoms with Crippen molar-refractivity contribution in [3.63, 3.8) is 0 Å². The Morgan fingerprint density at radius 1 is 0.457 bits per heavy atom. The van der Waals surface area contributed by atoms with Crippen molar-refractivity contribution < 1.29 is 131 Å². The second-order valence-corrected chi connectivity index (χ2v) is 29.9. The van der Waals surface area contributed by atoms with Gasteiger partial charge >= 0.3 is 46.7 Å². The van der Waals surface area contributed by atoms with Crippen molar-refractivity contribution in [2.45, 2.75) is 135 Å². The van der Waals surface area contributed by atoms with Crippen LogP contribution in [0.2, 0.25) is 0 Å². The van der Waals surface area contributed by atoms with Crippen LogP contribution in [0.25, 0.3) is 0 Å². The lowest BCUT2D eigenvalue weighted by molar-refractivity contribution is -0.0192. The van der Waals surface area contributed by atoms with Gasteiger partial charge in [-0.25, -0.2) is 22.8 Å². The Hall–Kier alpha value is 1.15. The maximum Gasteiger partial charge on any atom is 0.472 e. The lowest BCUT2D eigenvalue weighted by atomic mass is 10.1. The molecule has 2 aliphatic heterocycles. The van der Waals surface area contributed by atoms with Gasteiger partial charge in [0.15, 0.2) is 6.49 Å². The zero-order chi connectivity index (χ0) is 53.5. The SMILES string of the molecule is CC(C)C.CC1CC(P(=O)(O)OCCCOP(=O)(O)OCCCOP(=O)(O)OCCCOP(=O)(O)OCCCOP(=O)(O)OCCCOP(=O)(O)OC[C@@H]2O[C@H](C)CC2O)C(COP(O)(=S)C(C)C)O1. The van der Waals surface area contributed by atoms with E-state index >= 15 is 0 Å². The fraction of sp³-hybridized carbons (Fsp3) is 1.00. The topological polar surface area (TPSA) is 393 Å². The molecule has 420 valence electrons. The molecule has 28 nitrogen and oxygen atoms in total. The molecule has 0 aliphatic carbocycles. The van der Waals surface area contributed by atoms with Crippen molar-refractivity contribution in [2.24, 2.45) is 5.92 Å². The summed E-state index contributed by atoms with van der Waals surface area (Å²) in [6.45, 7) is 5.29. The molecule has 70 heavy (non-hydrogen) atoms. The smallest absolute Gasteiger partial charge is 0.390 e. The van der Waals surface area contributed by atoms with E-state index in [0.29, 0.717) is 6.42 Å². The summed E-state index contributed by atoms with van der Waals surface area (Å²) in [6, 6.07) is 0. The molecule has 0 aromatic heterocycles. The van der Waals surface area contributed by atoms with Crippen molar-refractivity contribution in [3.8, 4) is 0 Å². The lowest BCUT2D eigenvalue weighted by Gasteiger charge is -2.26. The molecule has 0 bridgehead atoms. The van der Waals surface area contributed by atoms with Crippen molar-refractivity contribution in [2.75, 3.05) is 79.3 Å². The van der Waals surface area contributed by atoms with Crippen LogP contribution in [0, 0.1) is 5.92 Å². The third kappa shape index (κ3) is 32.7. The highest BCUT2D eigenvalue weighted by atomic mass is 32.5. The first-order valence-electron chi connectivity index (χ1n) is 22.2. The Kier molecular flexibility index (Phi) is 33.0. The number of aliphatic hydroxyl groups excluding tert-OH is 1. The molecule has 2 saturated heterocycles. The number of phosphoric acid groups is 5. The van der Waals surface area contributed by atoms with Crippen molar-refractivity contribution in [1.82, 2.24) is 0 Å². The molecule has 0 aromatic rings. The Bertz CT molecular complexity index is 1830. The van der Waals surface area contributed by atoms with E-state index in [-0.39, 0.29) is 76.2 Å². The Balaban J connectivity index is 0.00000588. The van der Waals surface area contributed by atoms with Gasteiger partial charge < -0.3 is 57.9 Å².